The second-order valence-electron chi connectivity index (χ2n) is 5.74. The van der Waals surface area contributed by atoms with Gasteiger partial charge in [0.25, 0.3) is 0 Å². The van der Waals surface area contributed by atoms with E-state index in [4.69, 9.17) is 9.47 Å². The van der Waals surface area contributed by atoms with Crippen LogP contribution in [0, 0.1) is 5.82 Å². The first kappa shape index (κ1) is 17.3. The van der Waals surface area contributed by atoms with E-state index in [1.165, 1.54) is 6.07 Å². The molecule has 0 aromatic heterocycles. The number of benzene rings is 1. The summed E-state index contributed by atoms with van der Waals surface area (Å²) >= 11 is 0. The molecular formula is C17H26FNO3. The molecule has 1 aliphatic heterocycles. The molecule has 1 N–H and O–H groups in total. The van der Waals surface area contributed by atoms with Crippen LogP contribution in [0.25, 0.3) is 0 Å². The van der Waals surface area contributed by atoms with Gasteiger partial charge in [-0.25, -0.2) is 4.39 Å². The maximum Gasteiger partial charge on any atom is 0.128 e. The molecule has 0 saturated carbocycles. The Balaban J connectivity index is 1.67. The minimum atomic E-state index is -0.563. The number of aliphatic hydroxyl groups excluding tert-OH is 1. The van der Waals surface area contributed by atoms with Crippen LogP contribution in [-0.2, 0) is 16.1 Å². The first-order chi connectivity index (χ1) is 10.7. The number of aliphatic hydroxyl groups is 1. The van der Waals surface area contributed by atoms with Gasteiger partial charge in [0.15, 0.2) is 0 Å². The van der Waals surface area contributed by atoms with Gasteiger partial charge >= 0.3 is 0 Å². The van der Waals surface area contributed by atoms with Crippen LogP contribution in [0.3, 0.4) is 0 Å². The highest BCUT2D eigenvalue weighted by atomic mass is 19.1. The minimum Gasteiger partial charge on any atom is -0.389 e. The van der Waals surface area contributed by atoms with Crippen molar-refractivity contribution in [1.82, 2.24) is 4.90 Å². The molecule has 0 aliphatic carbocycles. The number of ether oxygens (including phenoxy) is 2. The Hall–Kier alpha value is -1.01. The quantitative estimate of drug-likeness (QED) is 0.799. The summed E-state index contributed by atoms with van der Waals surface area (Å²) in [6.07, 6.45) is 1.88. The summed E-state index contributed by atoms with van der Waals surface area (Å²) in [5.41, 5.74) is 0.518. The molecule has 2 rings (SSSR count). The normalized spacial score (nSPS) is 21.0. The highest BCUT2D eigenvalue weighted by Crippen LogP contribution is 2.14. The second-order valence-corrected chi connectivity index (χ2v) is 5.74. The molecular weight excluding hydrogens is 285 g/mol. The van der Waals surface area contributed by atoms with Crippen molar-refractivity contribution in [2.45, 2.75) is 38.6 Å². The third-order valence-electron chi connectivity index (χ3n) is 3.86. The molecule has 124 valence electrons. The lowest BCUT2D eigenvalue weighted by molar-refractivity contribution is -0.0261. The Morgan fingerprint density at radius 2 is 2.23 bits per heavy atom. The highest BCUT2D eigenvalue weighted by Gasteiger charge is 2.21. The molecule has 1 heterocycles. The van der Waals surface area contributed by atoms with Crippen LogP contribution in [-0.4, -0.2) is 55.1 Å². The van der Waals surface area contributed by atoms with Crippen LogP contribution in [0.5, 0.6) is 0 Å². The van der Waals surface area contributed by atoms with Crippen molar-refractivity contribution < 1.29 is 19.0 Å². The van der Waals surface area contributed by atoms with E-state index in [1.54, 1.807) is 18.2 Å². The molecule has 2 unspecified atom stereocenters. The van der Waals surface area contributed by atoms with Gasteiger partial charge in [0, 0.05) is 25.3 Å². The first-order valence-electron chi connectivity index (χ1n) is 8.02. The lowest BCUT2D eigenvalue weighted by atomic mass is 10.1. The molecule has 0 bridgehead atoms. The zero-order valence-corrected chi connectivity index (χ0v) is 13.2. The molecule has 22 heavy (non-hydrogen) atoms. The van der Waals surface area contributed by atoms with Crippen LogP contribution >= 0.6 is 0 Å². The van der Waals surface area contributed by atoms with Crippen molar-refractivity contribution in [3.63, 3.8) is 0 Å². The number of piperidine rings is 1. The van der Waals surface area contributed by atoms with Crippen molar-refractivity contribution in [2.24, 2.45) is 0 Å². The zero-order valence-electron chi connectivity index (χ0n) is 13.2. The number of β-amino-alcohol motifs (C(OH)–C–C–N with tert-alkyl or cyclic N) is 1. The summed E-state index contributed by atoms with van der Waals surface area (Å²) in [7, 11) is 0. The van der Waals surface area contributed by atoms with Crippen molar-refractivity contribution >= 4 is 0 Å². The molecule has 1 aromatic carbocycles. The van der Waals surface area contributed by atoms with Crippen LogP contribution in [0.1, 0.15) is 25.3 Å². The average Bonchev–Trinajstić information content (AvgIpc) is 2.50. The van der Waals surface area contributed by atoms with E-state index in [0.717, 1.165) is 32.5 Å². The molecule has 2 atom stereocenters. The van der Waals surface area contributed by atoms with Gasteiger partial charge in [0.05, 0.1) is 25.4 Å². The van der Waals surface area contributed by atoms with Gasteiger partial charge in [-0.15, -0.1) is 0 Å². The van der Waals surface area contributed by atoms with Crippen LogP contribution in [0.15, 0.2) is 24.3 Å². The SMILES string of the molecule is CCOC1CCCN(CC(O)COCc2ccccc2F)C1. The number of halogens is 1. The number of nitrogens with zero attached hydrogens (tertiary/aromatic N) is 1. The standard InChI is InChI=1S/C17H26FNO3/c1-2-22-16-7-5-9-19(11-16)10-15(20)13-21-12-14-6-3-4-8-17(14)18/h3-4,6,8,15-16,20H,2,5,7,9-13H2,1H3. The van der Waals surface area contributed by atoms with E-state index in [2.05, 4.69) is 4.90 Å². The van der Waals surface area contributed by atoms with Gasteiger partial charge < -0.3 is 14.6 Å². The number of hydrogen-bond donors (Lipinski definition) is 1. The predicted octanol–water partition coefficient (Wildman–Crippen LogP) is 2.20. The summed E-state index contributed by atoms with van der Waals surface area (Å²) < 4.78 is 24.5. The Labute approximate surface area is 131 Å². The van der Waals surface area contributed by atoms with E-state index in [9.17, 15) is 9.50 Å². The van der Waals surface area contributed by atoms with Gasteiger partial charge in [-0.3, -0.25) is 4.90 Å². The van der Waals surface area contributed by atoms with E-state index < -0.39 is 6.10 Å². The van der Waals surface area contributed by atoms with Crippen molar-refractivity contribution in [3.8, 4) is 0 Å². The maximum absolute atomic E-state index is 13.4. The number of rotatable bonds is 8. The fourth-order valence-electron chi connectivity index (χ4n) is 2.82. The molecule has 1 fully saturated rings. The molecule has 0 amide bonds. The second kappa shape index (κ2) is 9.20. The third kappa shape index (κ3) is 5.65. The van der Waals surface area contributed by atoms with Gasteiger partial charge in [-0.05, 0) is 32.4 Å². The molecule has 5 heteroatoms. The summed E-state index contributed by atoms with van der Waals surface area (Å²) in [5, 5.41) is 10.1. The van der Waals surface area contributed by atoms with Crippen molar-refractivity contribution in [2.75, 3.05) is 32.8 Å². The monoisotopic (exact) mass is 311 g/mol. The molecule has 1 saturated heterocycles. The summed E-state index contributed by atoms with van der Waals surface area (Å²) in [6, 6.07) is 6.54. The first-order valence-corrected chi connectivity index (χ1v) is 8.02. The van der Waals surface area contributed by atoms with Gasteiger partial charge in [0.2, 0.25) is 0 Å². The zero-order chi connectivity index (χ0) is 15.8. The Morgan fingerprint density at radius 1 is 1.41 bits per heavy atom. The molecule has 1 aliphatic rings. The van der Waals surface area contributed by atoms with Crippen LogP contribution in [0.4, 0.5) is 4.39 Å². The number of likely N-dealkylation sites (tertiary alicyclic amines) is 1. The highest BCUT2D eigenvalue weighted by molar-refractivity contribution is 5.16. The van der Waals surface area contributed by atoms with E-state index >= 15 is 0 Å². The Bertz CT molecular complexity index is 442. The smallest absolute Gasteiger partial charge is 0.128 e. The van der Waals surface area contributed by atoms with Crippen molar-refractivity contribution in [3.05, 3.63) is 35.6 Å². The third-order valence-corrected chi connectivity index (χ3v) is 3.86. The van der Waals surface area contributed by atoms with E-state index in [0.29, 0.717) is 12.1 Å². The predicted molar refractivity (Wildman–Crippen MR) is 83.2 cm³/mol. The van der Waals surface area contributed by atoms with E-state index in [1.807, 2.05) is 6.92 Å². The summed E-state index contributed by atoms with van der Waals surface area (Å²) in [5.74, 6) is -0.271. The Kier molecular flexibility index (Phi) is 7.25. The van der Waals surface area contributed by atoms with Gasteiger partial charge in [0.1, 0.15) is 5.82 Å². The molecule has 4 nitrogen and oxygen atoms in total. The fraction of sp³-hybridized carbons (Fsp3) is 0.647. The average molecular weight is 311 g/mol. The van der Waals surface area contributed by atoms with Crippen LogP contribution < -0.4 is 0 Å². The lowest BCUT2D eigenvalue weighted by Gasteiger charge is -2.33. The minimum absolute atomic E-state index is 0.186. The van der Waals surface area contributed by atoms with Crippen molar-refractivity contribution in [1.29, 1.82) is 0 Å². The fourth-order valence-corrected chi connectivity index (χ4v) is 2.82. The van der Waals surface area contributed by atoms with E-state index in [-0.39, 0.29) is 25.1 Å². The van der Waals surface area contributed by atoms with Crippen LogP contribution in [0.2, 0.25) is 0 Å². The Morgan fingerprint density at radius 3 is 3.00 bits per heavy atom. The molecule has 1 aromatic rings. The van der Waals surface area contributed by atoms with Gasteiger partial charge in [-0.2, -0.15) is 0 Å². The summed E-state index contributed by atoms with van der Waals surface area (Å²) in [4.78, 5) is 2.21. The topological polar surface area (TPSA) is 41.9 Å². The van der Waals surface area contributed by atoms with Gasteiger partial charge in [-0.1, -0.05) is 18.2 Å². The number of hydrogen-bond acceptors (Lipinski definition) is 4. The molecule has 0 radical (unpaired) electrons. The molecule has 0 spiro atoms. The summed E-state index contributed by atoms with van der Waals surface area (Å²) in [6.45, 7) is 5.54. The maximum atomic E-state index is 13.4. The lowest BCUT2D eigenvalue weighted by Crippen LogP contribution is -2.44. The largest absolute Gasteiger partial charge is 0.389 e.